The fraction of sp³-hybridized carbons (Fsp3) is 0.429. The summed E-state index contributed by atoms with van der Waals surface area (Å²) >= 11 is 0. The van der Waals surface area contributed by atoms with Gasteiger partial charge in [-0.25, -0.2) is 4.98 Å². The zero-order valence-corrected chi connectivity index (χ0v) is 11.4. The lowest BCUT2D eigenvalue weighted by Crippen LogP contribution is -2.15. The summed E-state index contributed by atoms with van der Waals surface area (Å²) in [7, 11) is 0. The van der Waals surface area contributed by atoms with E-state index in [1.165, 1.54) is 0 Å². The lowest BCUT2D eigenvalue weighted by atomic mass is 10.3. The average Bonchev–Trinajstić information content (AvgIpc) is 2.58. The minimum Gasteiger partial charge on any atom is -0.353 e. The number of aromatic nitrogens is 3. The molecule has 96 valence electrons. The van der Waals surface area contributed by atoms with Crippen LogP contribution in [0.1, 0.15) is 30.9 Å². The van der Waals surface area contributed by atoms with E-state index in [1.807, 2.05) is 32.0 Å². The smallest absolute Gasteiger partial charge is 0.203 e. The van der Waals surface area contributed by atoms with Crippen LogP contribution in [0.4, 0.5) is 5.95 Å². The summed E-state index contributed by atoms with van der Waals surface area (Å²) in [6.45, 7) is 8.98. The summed E-state index contributed by atoms with van der Waals surface area (Å²) in [5, 5.41) is 3.35. The summed E-state index contributed by atoms with van der Waals surface area (Å²) in [6.07, 6.45) is 2.05. The van der Waals surface area contributed by atoms with Crippen molar-refractivity contribution in [2.24, 2.45) is 0 Å². The van der Waals surface area contributed by atoms with E-state index in [0.717, 1.165) is 29.6 Å². The maximum absolute atomic E-state index is 4.52. The largest absolute Gasteiger partial charge is 0.353 e. The third kappa shape index (κ3) is 3.09. The SMILES string of the molecule is Cc1cccc(Cn2cc(C)nc2NC(C)C)n1. The molecule has 0 aromatic carbocycles. The van der Waals surface area contributed by atoms with Crippen LogP contribution in [0, 0.1) is 13.8 Å². The van der Waals surface area contributed by atoms with Gasteiger partial charge in [0.25, 0.3) is 0 Å². The van der Waals surface area contributed by atoms with Crippen molar-refractivity contribution in [2.75, 3.05) is 5.32 Å². The van der Waals surface area contributed by atoms with Crippen LogP contribution >= 0.6 is 0 Å². The van der Waals surface area contributed by atoms with E-state index in [9.17, 15) is 0 Å². The molecule has 0 unspecified atom stereocenters. The molecular weight excluding hydrogens is 224 g/mol. The number of nitrogens with one attached hydrogen (secondary N) is 1. The van der Waals surface area contributed by atoms with E-state index in [0.29, 0.717) is 6.04 Å². The molecule has 2 aromatic heterocycles. The highest BCUT2D eigenvalue weighted by Crippen LogP contribution is 2.12. The van der Waals surface area contributed by atoms with Gasteiger partial charge in [0, 0.05) is 17.9 Å². The summed E-state index contributed by atoms with van der Waals surface area (Å²) in [5.74, 6) is 0.908. The van der Waals surface area contributed by atoms with Crippen molar-refractivity contribution in [3.8, 4) is 0 Å². The van der Waals surface area contributed by atoms with Crippen molar-refractivity contribution < 1.29 is 0 Å². The lowest BCUT2D eigenvalue weighted by Gasteiger charge is -2.12. The quantitative estimate of drug-likeness (QED) is 0.899. The van der Waals surface area contributed by atoms with Crippen molar-refractivity contribution in [3.63, 3.8) is 0 Å². The fourth-order valence-corrected chi connectivity index (χ4v) is 1.90. The molecule has 2 aromatic rings. The first-order valence-corrected chi connectivity index (χ1v) is 6.27. The zero-order chi connectivity index (χ0) is 13.1. The lowest BCUT2D eigenvalue weighted by molar-refractivity contribution is 0.754. The molecule has 0 aliphatic rings. The van der Waals surface area contributed by atoms with E-state index >= 15 is 0 Å². The zero-order valence-electron chi connectivity index (χ0n) is 11.4. The third-order valence-corrected chi connectivity index (χ3v) is 2.59. The van der Waals surface area contributed by atoms with Gasteiger partial charge in [-0.2, -0.15) is 0 Å². The van der Waals surface area contributed by atoms with E-state index in [1.54, 1.807) is 0 Å². The highest BCUT2D eigenvalue weighted by atomic mass is 15.2. The van der Waals surface area contributed by atoms with E-state index in [4.69, 9.17) is 0 Å². The first kappa shape index (κ1) is 12.6. The average molecular weight is 244 g/mol. The van der Waals surface area contributed by atoms with Crippen LogP contribution < -0.4 is 5.32 Å². The number of hydrogen-bond donors (Lipinski definition) is 1. The van der Waals surface area contributed by atoms with Gasteiger partial charge >= 0.3 is 0 Å². The molecule has 0 aliphatic carbocycles. The fourth-order valence-electron chi connectivity index (χ4n) is 1.90. The molecule has 0 saturated carbocycles. The monoisotopic (exact) mass is 244 g/mol. The van der Waals surface area contributed by atoms with Gasteiger partial charge in [0.2, 0.25) is 5.95 Å². The first-order chi connectivity index (χ1) is 8.54. The molecule has 18 heavy (non-hydrogen) atoms. The minimum atomic E-state index is 0.371. The van der Waals surface area contributed by atoms with Crippen LogP contribution in [-0.4, -0.2) is 20.6 Å². The molecule has 0 bridgehead atoms. The van der Waals surface area contributed by atoms with Crippen molar-refractivity contribution in [3.05, 3.63) is 41.5 Å². The predicted molar refractivity (Wildman–Crippen MR) is 73.8 cm³/mol. The summed E-state index contributed by atoms with van der Waals surface area (Å²) in [5.41, 5.74) is 3.12. The second-order valence-corrected chi connectivity index (χ2v) is 4.90. The van der Waals surface area contributed by atoms with Crippen molar-refractivity contribution in [1.29, 1.82) is 0 Å². The normalized spacial score (nSPS) is 10.9. The minimum absolute atomic E-state index is 0.371. The van der Waals surface area contributed by atoms with Gasteiger partial charge in [-0.3, -0.25) is 4.98 Å². The number of pyridine rings is 1. The topological polar surface area (TPSA) is 42.7 Å². The third-order valence-electron chi connectivity index (χ3n) is 2.59. The molecule has 1 N–H and O–H groups in total. The Morgan fingerprint density at radius 1 is 1.17 bits per heavy atom. The number of hydrogen-bond acceptors (Lipinski definition) is 3. The van der Waals surface area contributed by atoms with E-state index in [-0.39, 0.29) is 0 Å². The molecular formula is C14H20N4. The van der Waals surface area contributed by atoms with Crippen LogP contribution in [0.5, 0.6) is 0 Å². The molecule has 2 heterocycles. The molecule has 4 nitrogen and oxygen atoms in total. The van der Waals surface area contributed by atoms with E-state index in [2.05, 4.69) is 39.9 Å². The highest BCUT2D eigenvalue weighted by molar-refractivity contribution is 5.30. The number of anilines is 1. The first-order valence-electron chi connectivity index (χ1n) is 6.27. The van der Waals surface area contributed by atoms with Crippen molar-refractivity contribution >= 4 is 5.95 Å². The van der Waals surface area contributed by atoms with E-state index < -0.39 is 0 Å². The van der Waals surface area contributed by atoms with Gasteiger partial charge in [0.05, 0.1) is 17.9 Å². The molecule has 4 heteroatoms. The van der Waals surface area contributed by atoms with Crippen molar-refractivity contribution in [1.82, 2.24) is 14.5 Å². The Hall–Kier alpha value is -1.84. The van der Waals surface area contributed by atoms with Gasteiger partial charge in [-0.1, -0.05) is 6.07 Å². The van der Waals surface area contributed by atoms with Crippen molar-refractivity contribution in [2.45, 2.75) is 40.3 Å². The van der Waals surface area contributed by atoms with Crippen LogP contribution in [-0.2, 0) is 6.54 Å². The van der Waals surface area contributed by atoms with Crippen LogP contribution in [0.15, 0.2) is 24.4 Å². The number of rotatable bonds is 4. The van der Waals surface area contributed by atoms with Crippen LogP contribution in [0.3, 0.4) is 0 Å². The second kappa shape index (κ2) is 5.21. The maximum Gasteiger partial charge on any atom is 0.203 e. The Kier molecular flexibility index (Phi) is 3.65. The number of imidazole rings is 1. The molecule has 0 fully saturated rings. The Morgan fingerprint density at radius 3 is 2.61 bits per heavy atom. The molecule has 0 saturated heterocycles. The van der Waals surface area contributed by atoms with Gasteiger partial charge in [0.15, 0.2) is 0 Å². The van der Waals surface area contributed by atoms with Gasteiger partial charge < -0.3 is 9.88 Å². The summed E-state index contributed by atoms with van der Waals surface area (Å²) in [4.78, 5) is 9.02. The molecule has 0 atom stereocenters. The summed E-state index contributed by atoms with van der Waals surface area (Å²) < 4.78 is 2.11. The van der Waals surface area contributed by atoms with Gasteiger partial charge in [-0.15, -0.1) is 0 Å². The standard InChI is InChI=1S/C14H20N4/c1-10(2)15-14-17-12(4)8-18(14)9-13-7-5-6-11(3)16-13/h5-8,10H,9H2,1-4H3,(H,15,17). The maximum atomic E-state index is 4.52. The Bertz CT molecular complexity index is 528. The van der Waals surface area contributed by atoms with Gasteiger partial charge in [-0.05, 0) is 39.8 Å². The molecule has 0 aliphatic heterocycles. The second-order valence-electron chi connectivity index (χ2n) is 4.90. The number of nitrogens with zero attached hydrogens (tertiary/aromatic N) is 3. The van der Waals surface area contributed by atoms with Crippen LogP contribution in [0.2, 0.25) is 0 Å². The summed E-state index contributed by atoms with van der Waals surface area (Å²) in [6, 6.07) is 6.46. The molecule has 2 rings (SSSR count). The molecule has 0 spiro atoms. The Balaban J connectivity index is 2.23. The number of aryl methyl sites for hydroxylation is 2. The predicted octanol–water partition coefficient (Wildman–Crippen LogP) is 2.76. The Morgan fingerprint density at radius 2 is 1.94 bits per heavy atom. The highest BCUT2D eigenvalue weighted by Gasteiger charge is 2.07. The van der Waals surface area contributed by atoms with Gasteiger partial charge in [0.1, 0.15) is 0 Å². The Labute approximate surface area is 108 Å². The molecule has 0 amide bonds. The van der Waals surface area contributed by atoms with Crippen LogP contribution in [0.25, 0.3) is 0 Å². The molecule has 0 radical (unpaired) electrons.